The van der Waals surface area contributed by atoms with Crippen molar-refractivity contribution >= 4 is 29.1 Å². The van der Waals surface area contributed by atoms with Crippen LogP contribution in [0.3, 0.4) is 0 Å². The van der Waals surface area contributed by atoms with Crippen molar-refractivity contribution < 1.29 is 19.2 Å². The van der Waals surface area contributed by atoms with Gasteiger partial charge >= 0.3 is 0 Å². The lowest BCUT2D eigenvalue weighted by Gasteiger charge is -2.09. The molecule has 26 heavy (non-hydrogen) atoms. The van der Waals surface area contributed by atoms with Crippen LogP contribution in [0.5, 0.6) is 5.75 Å². The van der Waals surface area contributed by atoms with Crippen LogP contribution >= 0.6 is 11.6 Å². The van der Waals surface area contributed by atoms with Gasteiger partial charge in [0.15, 0.2) is 6.61 Å². The Morgan fingerprint density at radius 3 is 2.35 bits per heavy atom. The van der Waals surface area contributed by atoms with E-state index in [4.69, 9.17) is 16.3 Å². The maximum absolute atomic E-state index is 11.7. The molecule has 0 aliphatic carbocycles. The summed E-state index contributed by atoms with van der Waals surface area (Å²) in [6.07, 6.45) is 0.605. The fourth-order valence-corrected chi connectivity index (χ4v) is 2.23. The molecule has 0 saturated heterocycles. The van der Waals surface area contributed by atoms with Gasteiger partial charge in [-0.1, -0.05) is 29.8 Å². The van der Waals surface area contributed by atoms with Gasteiger partial charge < -0.3 is 4.74 Å². The van der Waals surface area contributed by atoms with E-state index in [-0.39, 0.29) is 24.6 Å². The fourth-order valence-electron chi connectivity index (χ4n) is 2.00. The van der Waals surface area contributed by atoms with E-state index in [0.717, 1.165) is 5.56 Å². The number of nitro benzene ring substituents is 1. The summed E-state index contributed by atoms with van der Waals surface area (Å²) in [5.41, 5.74) is 5.28. The van der Waals surface area contributed by atoms with Gasteiger partial charge in [-0.25, -0.2) is 0 Å². The number of halogens is 1. The maximum atomic E-state index is 11.7. The Hall–Kier alpha value is -3.13. The summed E-state index contributed by atoms with van der Waals surface area (Å²) in [5.74, 6) is -0.626. The van der Waals surface area contributed by atoms with Crippen molar-refractivity contribution in [3.8, 4) is 5.75 Å². The summed E-state index contributed by atoms with van der Waals surface area (Å²) < 4.78 is 5.18. The molecule has 0 bridgehead atoms. The lowest BCUT2D eigenvalue weighted by atomic mass is 10.1. The first kappa shape index (κ1) is 19.2. The molecule has 2 aromatic rings. The number of nitrogens with one attached hydrogen (secondary N) is 2. The van der Waals surface area contributed by atoms with Gasteiger partial charge in [0.1, 0.15) is 5.75 Å². The number of hydrogen-bond donors (Lipinski definition) is 2. The number of benzene rings is 2. The Bertz CT molecular complexity index is 795. The molecule has 0 heterocycles. The van der Waals surface area contributed by atoms with Gasteiger partial charge in [-0.2, -0.15) is 0 Å². The molecular weight excluding hydrogens is 362 g/mol. The van der Waals surface area contributed by atoms with Crippen LogP contribution < -0.4 is 15.6 Å². The van der Waals surface area contributed by atoms with E-state index in [0.29, 0.717) is 17.2 Å². The predicted octanol–water partition coefficient (Wildman–Crippen LogP) is 2.41. The minimum absolute atomic E-state index is 0.0763. The Morgan fingerprint density at radius 2 is 1.69 bits per heavy atom. The van der Waals surface area contributed by atoms with Crippen LogP contribution in [0.1, 0.15) is 12.0 Å². The average molecular weight is 378 g/mol. The second-order valence-corrected chi connectivity index (χ2v) is 5.63. The molecule has 0 spiro atoms. The number of carbonyl (C=O) groups is 2. The summed E-state index contributed by atoms with van der Waals surface area (Å²) in [4.78, 5) is 33.4. The summed E-state index contributed by atoms with van der Waals surface area (Å²) >= 11 is 6.01. The van der Waals surface area contributed by atoms with E-state index < -0.39 is 10.8 Å². The quantitative estimate of drug-likeness (QED) is 0.568. The van der Waals surface area contributed by atoms with Crippen LogP contribution in [0.4, 0.5) is 5.69 Å². The monoisotopic (exact) mass is 377 g/mol. The van der Waals surface area contributed by atoms with E-state index in [1.807, 2.05) is 12.1 Å². The number of rotatable bonds is 7. The molecule has 0 atom stereocenters. The van der Waals surface area contributed by atoms with Crippen molar-refractivity contribution in [3.63, 3.8) is 0 Å². The van der Waals surface area contributed by atoms with E-state index in [1.54, 1.807) is 12.1 Å². The summed E-state index contributed by atoms with van der Waals surface area (Å²) in [7, 11) is 0. The van der Waals surface area contributed by atoms with Gasteiger partial charge in [-0.3, -0.25) is 30.6 Å². The lowest BCUT2D eigenvalue weighted by molar-refractivity contribution is -0.384. The average Bonchev–Trinajstić information content (AvgIpc) is 2.64. The molecule has 8 nitrogen and oxygen atoms in total. The highest BCUT2D eigenvalue weighted by Crippen LogP contribution is 2.17. The number of aryl methyl sites for hydroxylation is 1. The minimum atomic E-state index is -0.561. The number of nitrogens with zero attached hydrogens (tertiary/aromatic N) is 1. The Balaban J connectivity index is 1.68. The smallest absolute Gasteiger partial charge is 0.276 e. The fraction of sp³-hybridized carbons (Fsp3) is 0.176. The largest absolute Gasteiger partial charge is 0.484 e. The molecule has 2 rings (SSSR count). The van der Waals surface area contributed by atoms with E-state index >= 15 is 0 Å². The van der Waals surface area contributed by atoms with Crippen molar-refractivity contribution in [2.75, 3.05) is 6.61 Å². The number of amides is 2. The molecule has 2 aromatic carbocycles. The number of carbonyl (C=O) groups excluding carboxylic acids is 2. The van der Waals surface area contributed by atoms with Crippen LogP contribution in [0.15, 0.2) is 48.5 Å². The van der Waals surface area contributed by atoms with Crippen LogP contribution in [-0.2, 0) is 16.0 Å². The molecule has 0 aliphatic heterocycles. The first-order valence-corrected chi connectivity index (χ1v) is 8.02. The molecule has 0 aromatic heterocycles. The number of ether oxygens (including phenoxy) is 1. The van der Waals surface area contributed by atoms with Crippen molar-refractivity contribution in [2.45, 2.75) is 12.8 Å². The number of hydrazine groups is 1. The Labute approximate surface area is 154 Å². The SMILES string of the molecule is O=C(CCc1ccccc1Cl)NNC(=O)COc1ccc([N+](=O)[O-])cc1. The molecule has 0 fully saturated rings. The van der Waals surface area contributed by atoms with E-state index in [1.165, 1.54) is 24.3 Å². The van der Waals surface area contributed by atoms with Gasteiger partial charge in [0.25, 0.3) is 11.6 Å². The highest BCUT2D eigenvalue weighted by Gasteiger charge is 2.08. The lowest BCUT2D eigenvalue weighted by Crippen LogP contribution is -2.43. The molecule has 0 aliphatic rings. The molecule has 9 heteroatoms. The van der Waals surface area contributed by atoms with Crippen LogP contribution in [-0.4, -0.2) is 23.3 Å². The van der Waals surface area contributed by atoms with Gasteiger partial charge in [-0.05, 0) is 30.2 Å². The molecule has 0 unspecified atom stereocenters. The van der Waals surface area contributed by atoms with Crippen LogP contribution in [0, 0.1) is 10.1 Å². The maximum Gasteiger partial charge on any atom is 0.276 e. The van der Waals surface area contributed by atoms with E-state index in [2.05, 4.69) is 10.9 Å². The van der Waals surface area contributed by atoms with Crippen LogP contribution in [0.25, 0.3) is 0 Å². The molecule has 2 amide bonds. The normalized spacial score (nSPS) is 10.0. The first-order chi connectivity index (χ1) is 12.5. The van der Waals surface area contributed by atoms with Gasteiger partial charge in [0.2, 0.25) is 5.91 Å². The van der Waals surface area contributed by atoms with Crippen molar-refractivity contribution in [1.82, 2.24) is 10.9 Å². The van der Waals surface area contributed by atoms with Crippen molar-refractivity contribution in [1.29, 1.82) is 0 Å². The second kappa shape index (κ2) is 9.38. The topological polar surface area (TPSA) is 111 Å². The third-order valence-electron chi connectivity index (χ3n) is 3.34. The summed E-state index contributed by atoms with van der Waals surface area (Å²) in [6, 6.07) is 12.5. The first-order valence-electron chi connectivity index (χ1n) is 7.64. The van der Waals surface area contributed by atoms with Crippen molar-refractivity contribution in [2.24, 2.45) is 0 Å². The second-order valence-electron chi connectivity index (χ2n) is 5.23. The van der Waals surface area contributed by atoms with Crippen LogP contribution in [0.2, 0.25) is 5.02 Å². The number of hydrogen-bond acceptors (Lipinski definition) is 5. The molecule has 2 N–H and O–H groups in total. The number of non-ortho nitro benzene ring substituents is 1. The molecular formula is C17H16ClN3O5. The third-order valence-corrected chi connectivity index (χ3v) is 3.71. The molecule has 0 radical (unpaired) electrons. The van der Waals surface area contributed by atoms with Gasteiger partial charge in [0, 0.05) is 23.6 Å². The number of nitro groups is 1. The van der Waals surface area contributed by atoms with Gasteiger partial charge in [0.05, 0.1) is 4.92 Å². The van der Waals surface area contributed by atoms with Gasteiger partial charge in [-0.15, -0.1) is 0 Å². The zero-order valence-electron chi connectivity index (χ0n) is 13.6. The third kappa shape index (κ3) is 6.06. The summed E-state index contributed by atoms with van der Waals surface area (Å²) in [5, 5.41) is 11.1. The standard InChI is InChI=1S/C17H16ClN3O5/c18-15-4-2-1-3-12(15)5-10-16(22)19-20-17(23)11-26-14-8-6-13(7-9-14)21(24)25/h1-4,6-9H,5,10-11H2,(H,19,22)(H,20,23). The highest BCUT2D eigenvalue weighted by molar-refractivity contribution is 6.31. The van der Waals surface area contributed by atoms with E-state index in [9.17, 15) is 19.7 Å². The summed E-state index contributed by atoms with van der Waals surface area (Å²) in [6.45, 7) is -0.345. The minimum Gasteiger partial charge on any atom is -0.484 e. The molecule has 0 saturated carbocycles. The zero-order chi connectivity index (χ0) is 18.9. The zero-order valence-corrected chi connectivity index (χ0v) is 14.4. The van der Waals surface area contributed by atoms with Crippen molar-refractivity contribution in [3.05, 3.63) is 69.2 Å². The predicted molar refractivity (Wildman–Crippen MR) is 94.6 cm³/mol. The Morgan fingerprint density at radius 1 is 1.04 bits per heavy atom. The molecule has 136 valence electrons. The Kier molecular flexibility index (Phi) is 6.92. The highest BCUT2D eigenvalue weighted by atomic mass is 35.5.